The van der Waals surface area contributed by atoms with E-state index >= 15 is 0 Å². The topological polar surface area (TPSA) is 66.9 Å². The molecule has 0 bridgehead atoms. The lowest BCUT2D eigenvalue weighted by Gasteiger charge is -2.34. The molecule has 2 saturated heterocycles. The second-order valence-electron chi connectivity index (χ2n) is 6.35. The number of anilines is 1. The van der Waals surface area contributed by atoms with Crippen molar-refractivity contribution in [3.63, 3.8) is 0 Å². The highest BCUT2D eigenvalue weighted by Gasteiger charge is 2.44. The molecule has 2 atom stereocenters. The van der Waals surface area contributed by atoms with E-state index in [2.05, 4.69) is 0 Å². The van der Waals surface area contributed by atoms with E-state index in [1.807, 2.05) is 4.90 Å². The molecule has 2 amide bonds. The van der Waals surface area contributed by atoms with Crippen LogP contribution in [0.4, 0.5) is 5.69 Å². The van der Waals surface area contributed by atoms with E-state index in [-0.39, 0.29) is 30.1 Å². The number of ether oxygens (including phenoxy) is 1. The van der Waals surface area contributed by atoms with Crippen molar-refractivity contribution in [3.05, 3.63) is 29.3 Å². The molecule has 134 valence electrons. The summed E-state index contributed by atoms with van der Waals surface area (Å²) in [6, 6.07) is 6.19. The molecule has 0 saturated carbocycles. The zero-order valence-corrected chi connectivity index (χ0v) is 14.9. The molecule has 2 aliphatic rings. The molecule has 2 aliphatic heterocycles. The Morgan fingerprint density at radius 3 is 2.88 bits per heavy atom. The Bertz CT molecular complexity index is 693. The van der Waals surface area contributed by atoms with Crippen LogP contribution in [0.15, 0.2) is 24.3 Å². The van der Waals surface area contributed by atoms with Crippen LogP contribution in [-0.2, 0) is 19.1 Å². The molecule has 0 N–H and O–H groups in total. The van der Waals surface area contributed by atoms with E-state index in [1.165, 1.54) is 4.90 Å². The van der Waals surface area contributed by atoms with Crippen molar-refractivity contribution in [1.82, 2.24) is 4.90 Å². The van der Waals surface area contributed by atoms with Gasteiger partial charge in [-0.25, -0.2) is 4.90 Å². The molecule has 2 heterocycles. The number of hydrogen-bond acceptors (Lipinski definition) is 5. The van der Waals surface area contributed by atoms with Gasteiger partial charge in [-0.3, -0.25) is 19.3 Å². The van der Waals surface area contributed by atoms with Crippen LogP contribution in [0.5, 0.6) is 0 Å². The van der Waals surface area contributed by atoms with Crippen molar-refractivity contribution < 1.29 is 19.1 Å². The van der Waals surface area contributed by atoms with Crippen LogP contribution in [-0.4, -0.2) is 48.4 Å². The van der Waals surface area contributed by atoms with Gasteiger partial charge in [0, 0.05) is 11.6 Å². The van der Waals surface area contributed by atoms with Crippen LogP contribution in [0, 0.1) is 5.92 Å². The molecule has 0 spiro atoms. The van der Waals surface area contributed by atoms with Gasteiger partial charge in [-0.15, -0.1) is 0 Å². The molecule has 7 heteroatoms. The Balaban J connectivity index is 1.74. The number of esters is 1. The number of imide groups is 1. The molecule has 0 aromatic heterocycles. The maximum atomic E-state index is 12.8. The van der Waals surface area contributed by atoms with E-state index < -0.39 is 6.04 Å². The van der Waals surface area contributed by atoms with Crippen molar-refractivity contribution >= 4 is 35.1 Å². The summed E-state index contributed by atoms with van der Waals surface area (Å²) in [5.74, 6) is -0.959. The van der Waals surface area contributed by atoms with Crippen molar-refractivity contribution in [3.8, 4) is 0 Å². The number of rotatable bonds is 4. The van der Waals surface area contributed by atoms with Gasteiger partial charge in [-0.1, -0.05) is 17.7 Å². The Labute approximate surface area is 151 Å². The van der Waals surface area contributed by atoms with Crippen molar-refractivity contribution in [2.24, 2.45) is 5.92 Å². The van der Waals surface area contributed by atoms with Gasteiger partial charge in [0.25, 0.3) is 5.91 Å². The monoisotopic (exact) mass is 364 g/mol. The lowest BCUT2D eigenvalue weighted by Crippen LogP contribution is -2.48. The molecule has 0 radical (unpaired) electrons. The number of amides is 2. The van der Waals surface area contributed by atoms with Gasteiger partial charge in [0.15, 0.2) is 0 Å². The minimum Gasteiger partial charge on any atom is -0.466 e. The molecule has 0 unspecified atom stereocenters. The molecule has 3 rings (SSSR count). The lowest BCUT2D eigenvalue weighted by molar-refractivity contribution is -0.150. The summed E-state index contributed by atoms with van der Waals surface area (Å²) < 4.78 is 5.10. The Kier molecular flexibility index (Phi) is 5.39. The molecular formula is C18H21ClN2O4. The second-order valence-corrected chi connectivity index (χ2v) is 6.79. The molecule has 6 nitrogen and oxygen atoms in total. The predicted molar refractivity (Wildman–Crippen MR) is 93.3 cm³/mol. The van der Waals surface area contributed by atoms with Gasteiger partial charge < -0.3 is 4.74 Å². The van der Waals surface area contributed by atoms with Crippen LogP contribution in [0.1, 0.15) is 26.2 Å². The number of halogens is 1. The number of likely N-dealkylation sites (tertiary alicyclic amines) is 1. The lowest BCUT2D eigenvalue weighted by atomic mass is 9.96. The first-order chi connectivity index (χ1) is 12.0. The quantitative estimate of drug-likeness (QED) is 0.605. The first kappa shape index (κ1) is 17.9. The van der Waals surface area contributed by atoms with E-state index in [9.17, 15) is 14.4 Å². The summed E-state index contributed by atoms with van der Waals surface area (Å²) in [5, 5.41) is 0.474. The third-order valence-electron chi connectivity index (χ3n) is 4.70. The van der Waals surface area contributed by atoms with Gasteiger partial charge in [0.1, 0.15) is 0 Å². The standard InChI is InChI=1S/C18H21ClN2O4/c1-2-25-18(24)12-5-4-8-20(11-12)15-10-16(22)21(17(15)23)14-7-3-6-13(19)9-14/h3,6-7,9,12,15H,2,4-5,8,10-11H2,1H3/t12-,15-/m1/s1. The second kappa shape index (κ2) is 7.54. The minimum atomic E-state index is -0.524. The Hall–Kier alpha value is -1.92. The predicted octanol–water partition coefficient (Wildman–Crippen LogP) is 2.25. The molecule has 25 heavy (non-hydrogen) atoms. The molecular weight excluding hydrogens is 344 g/mol. The fourth-order valence-electron chi connectivity index (χ4n) is 3.53. The number of hydrogen-bond donors (Lipinski definition) is 0. The molecule has 1 aromatic carbocycles. The van der Waals surface area contributed by atoms with E-state index in [0.29, 0.717) is 30.4 Å². The first-order valence-corrected chi connectivity index (χ1v) is 8.92. The number of benzene rings is 1. The summed E-state index contributed by atoms with van der Waals surface area (Å²) >= 11 is 5.98. The maximum absolute atomic E-state index is 12.8. The number of carbonyl (C=O) groups excluding carboxylic acids is 3. The van der Waals surface area contributed by atoms with Gasteiger partial charge in [-0.2, -0.15) is 0 Å². The van der Waals surface area contributed by atoms with E-state index in [4.69, 9.17) is 16.3 Å². The van der Waals surface area contributed by atoms with E-state index in [0.717, 1.165) is 12.8 Å². The summed E-state index contributed by atoms with van der Waals surface area (Å²) in [5.41, 5.74) is 0.490. The van der Waals surface area contributed by atoms with Crippen molar-refractivity contribution in [2.75, 3.05) is 24.6 Å². The summed E-state index contributed by atoms with van der Waals surface area (Å²) in [7, 11) is 0. The van der Waals surface area contributed by atoms with Gasteiger partial charge in [-0.05, 0) is 44.5 Å². The summed E-state index contributed by atoms with van der Waals surface area (Å²) in [4.78, 5) is 40.4. The molecule has 2 fully saturated rings. The van der Waals surface area contributed by atoms with Gasteiger partial charge in [0.05, 0.1) is 30.7 Å². The zero-order valence-electron chi connectivity index (χ0n) is 14.1. The van der Waals surface area contributed by atoms with Crippen molar-refractivity contribution in [2.45, 2.75) is 32.2 Å². The highest BCUT2D eigenvalue weighted by molar-refractivity contribution is 6.31. The molecule has 1 aromatic rings. The fourth-order valence-corrected chi connectivity index (χ4v) is 3.71. The normalized spacial score (nSPS) is 24.6. The maximum Gasteiger partial charge on any atom is 0.310 e. The number of carbonyl (C=O) groups is 3. The molecule has 0 aliphatic carbocycles. The highest BCUT2D eigenvalue weighted by atomic mass is 35.5. The minimum absolute atomic E-state index is 0.126. The zero-order chi connectivity index (χ0) is 18.0. The van der Waals surface area contributed by atoms with E-state index in [1.54, 1.807) is 31.2 Å². The third kappa shape index (κ3) is 3.70. The fraction of sp³-hybridized carbons (Fsp3) is 0.500. The SMILES string of the molecule is CCOC(=O)[C@@H]1CCCN([C@@H]2CC(=O)N(c3cccc(Cl)c3)C2=O)C1. The van der Waals surface area contributed by atoms with Crippen LogP contribution >= 0.6 is 11.6 Å². The number of nitrogens with zero attached hydrogens (tertiary/aromatic N) is 2. The van der Waals surface area contributed by atoms with Crippen LogP contribution in [0.2, 0.25) is 5.02 Å². The smallest absolute Gasteiger partial charge is 0.310 e. The summed E-state index contributed by atoms with van der Waals surface area (Å²) in [6.45, 7) is 3.27. The first-order valence-electron chi connectivity index (χ1n) is 8.54. The summed E-state index contributed by atoms with van der Waals surface area (Å²) in [6.07, 6.45) is 1.68. The third-order valence-corrected chi connectivity index (χ3v) is 4.94. The number of piperidine rings is 1. The van der Waals surface area contributed by atoms with Crippen LogP contribution in [0.3, 0.4) is 0 Å². The average molecular weight is 365 g/mol. The average Bonchev–Trinajstić information content (AvgIpc) is 2.90. The highest BCUT2D eigenvalue weighted by Crippen LogP contribution is 2.30. The largest absolute Gasteiger partial charge is 0.466 e. The van der Waals surface area contributed by atoms with Crippen molar-refractivity contribution in [1.29, 1.82) is 0 Å². The van der Waals surface area contributed by atoms with Crippen LogP contribution in [0.25, 0.3) is 0 Å². The van der Waals surface area contributed by atoms with Crippen LogP contribution < -0.4 is 4.90 Å². The van der Waals surface area contributed by atoms with Gasteiger partial charge >= 0.3 is 5.97 Å². The Morgan fingerprint density at radius 2 is 2.16 bits per heavy atom. The Morgan fingerprint density at radius 1 is 1.36 bits per heavy atom. The van der Waals surface area contributed by atoms with Gasteiger partial charge in [0.2, 0.25) is 5.91 Å².